The number of rotatable bonds is 8. The molecule has 1 N–H and O–H groups in total. The van der Waals surface area contributed by atoms with Crippen molar-refractivity contribution >= 4 is 17.4 Å². The first kappa shape index (κ1) is 23.4. The summed E-state index contributed by atoms with van der Waals surface area (Å²) in [6, 6.07) is 14.1. The van der Waals surface area contributed by atoms with Crippen LogP contribution in [0.15, 0.2) is 48.5 Å². The summed E-state index contributed by atoms with van der Waals surface area (Å²) < 4.78 is 15.2. The lowest BCUT2D eigenvalue weighted by Gasteiger charge is -2.17. The van der Waals surface area contributed by atoms with Gasteiger partial charge in [0, 0.05) is 29.2 Å². The van der Waals surface area contributed by atoms with Crippen molar-refractivity contribution in [2.75, 3.05) is 25.5 Å². The molecule has 3 aromatic rings. The number of hydrogen-bond acceptors (Lipinski definition) is 3. The van der Waals surface area contributed by atoms with Crippen LogP contribution in [0.4, 0.5) is 10.1 Å². The van der Waals surface area contributed by atoms with Crippen LogP contribution in [0, 0.1) is 33.5 Å². The number of benzene rings is 2. The van der Waals surface area contributed by atoms with Gasteiger partial charge in [0.1, 0.15) is 5.82 Å². The predicted molar refractivity (Wildman–Crippen MR) is 126 cm³/mol. The van der Waals surface area contributed by atoms with Crippen LogP contribution in [0.5, 0.6) is 0 Å². The van der Waals surface area contributed by atoms with E-state index in [1.54, 1.807) is 24.1 Å². The number of anilines is 1. The molecule has 0 aliphatic heterocycles. The quantitative estimate of drug-likeness (QED) is 0.524. The summed E-state index contributed by atoms with van der Waals surface area (Å²) in [5.41, 5.74) is 6.27. The maximum Gasteiger partial charge on any atom is 0.238 e. The second-order valence-corrected chi connectivity index (χ2v) is 8.41. The van der Waals surface area contributed by atoms with Gasteiger partial charge in [0.2, 0.25) is 5.91 Å². The molecule has 1 aromatic heterocycles. The van der Waals surface area contributed by atoms with Crippen molar-refractivity contribution < 1.29 is 14.0 Å². The number of amides is 1. The van der Waals surface area contributed by atoms with E-state index in [-0.39, 0.29) is 30.6 Å². The molecule has 0 saturated heterocycles. The summed E-state index contributed by atoms with van der Waals surface area (Å²) >= 11 is 0. The molecule has 2 aromatic carbocycles. The van der Waals surface area contributed by atoms with Crippen molar-refractivity contribution in [2.45, 2.75) is 34.2 Å². The van der Waals surface area contributed by atoms with E-state index in [2.05, 4.69) is 5.32 Å². The van der Waals surface area contributed by atoms with Crippen LogP contribution in [-0.4, -0.2) is 41.3 Å². The molecule has 0 atom stereocenters. The molecular weight excluding hydrogens is 405 g/mol. The minimum absolute atomic E-state index is 0.0363. The van der Waals surface area contributed by atoms with Gasteiger partial charge >= 0.3 is 0 Å². The number of hydrogen-bond donors (Lipinski definition) is 1. The van der Waals surface area contributed by atoms with Crippen molar-refractivity contribution in [3.05, 3.63) is 88.0 Å². The number of nitrogens with zero attached hydrogens (tertiary/aromatic N) is 2. The summed E-state index contributed by atoms with van der Waals surface area (Å²) in [7, 11) is 1.76. The minimum atomic E-state index is -0.268. The molecule has 0 radical (unpaired) electrons. The SMILES string of the molecule is Cc1cccc(C)c1NC(=O)CN(C)CC(=O)c1cc(C)n(Cc2ccc(F)cc2)c1C. The Balaban J connectivity index is 1.64. The summed E-state index contributed by atoms with van der Waals surface area (Å²) in [6.07, 6.45) is 0. The molecular formula is C26H30FN3O2. The third-order valence-corrected chi connectivity index (χ3v) is 5.70. The Morgan fingerprint density at radius 1 is 0.969 bits per heavy atom. The van der Waals surface area contributed by atoms with Crippen molar-refractivity contribution in [3.63, 3.8) is 0 Å². The molecule has 0 saturated carbocycles. The van der Waals surface area contributed by atoms with Crippen LogP contribution in [0.2, 0.25) is 0 Å². The van der Waals surface area contributed by atoms with Gasteiger partial charge < -0.3 is 9.88 Å². The first-order chi connectivity index (χ1) is 15.2. The normalized spacial score (nSPS) is 11.1. The zero-order valence-electron chi connectivity index (χ0n) is 19.3. The molecule has 32 heavy (non-hydrogen) atoms. The molecule has 168 valence electrons. The Hall–Kier alpha value is -3.25. The number of nitrogens with one attached hydrogen (secondary N) is 1. The van der Waals surface area contributed by atoms with Crippen LogP contribution in [-0.2, 0) is 11.3 Å². The first-order valence-corrected chi connectivity index (χ1v) is 10.6. The number of aryl methyl sites for hydroxylation is 3. The highest BCUT2D eigenvalue weighted by atomic mass is 19.1. The zero-order valence-corrected chi connectivity index (χ0v) is 19.3. The second kappa shape index (κ2) is 9.92. The molecule has 6 heteroatoms. The molecule has 5 nitrogen and oxygen atoms in total. The number of carbonyl (C=O) groups is 2. The fourth-order valence-electron chi connectivity index (χ4n) is 3.92. The van der Waals surface area contributed by atoms with E-state index in [9.17, 15) is 14.0 Å². The molecule has 0 unspecified atom stereocenters. The van der Waals surface area contributed by atoms with Crippen LogP contribution in [0.25, 0.3) is 0 Å². The third-order valence-electron chi connectivity index (χ3n) is 5.70. The lowest BCUT2D eigenvalue weighted by molar-refractivity contribution is -0.116. The van der Waals surface area contributed by atoms with Gasteiger partial charge in [-0.25, -0.2) is 4.39 Å². The van der Waals surface area contributed by atoms with Gasteiger partial charge in [0.25, 0.3) is 0 Å². The summed E-state index contributed by atoms with van der Waals surface area (Å²) in [5, 5.41) is 2.96. The number of halogens is 1. The molecule has 1 heterocycles. The van der Waals surface area contributed by atoms with Gasteiger partial charge in [0.05, 0.1) is 13.1 Å². The van der Waals surface area contributed by atoms with Gasteiger partial charge in [-0.15, -0.1) is 0 Å². The van der Waals surface area contributed by atoms with Crippen LogP contribution in [0.1, 0.15) is 38.4 Å². The fraction of sp³-hybridized carbons (Fsp3) is 0.308. The molecule has 0 spiro atoms. The molecule has 3 rings (SSSR count). The van der Waals surface area contributed by atoms with Gasteiger partial charge in [-0.2, -0.15) is 0 Å². The molecule has 0 fully saturated rings. The third kappa shape index (κ3) is 5.51. The number of carbonyl (C=O) groups excluding carboxylic acids is 2. The lowest BCUT2D eigenvalue weighted by atomic mass is 10.1. The largest absolute Gasteiger partial charge is 0.344 e. The van der Waals surface area contributed by atoms with Crippen molar-refractivity contribution in [3.8, 4) is 0 Å². The Labute approximate surface area is 188 Å². The topological polar surface area (TPSA) is 54.3 Å². The Morgan fingerprint density at radius 2 is 1.59 bits per heavy atom. The summed E-state index contributed by atoms with van der Waals surface area (Å²) in [4.78, 5) is 27.2. The van der Waals surface area contributed by atoms with E-state index in [0.717, 1.165) is 33.8 Å². The highest BCUT2D eigenvalue weighted by Gasteiger charge is 2.19. The number of ketones is 1. The van der Waals surface area contributed by atoms with Crippen LogP contribution in [0.3, 0.4) is 0 Å². The Kier molecular flexibility index (Phi) is 7.26. The summed E-state index contributed by atoms with van der Waals surface area (Å²) in [5.74, 6) is -0.458. The van der Waals surface area contributed by atoms with E-state index in [1.165, 1.54) is 12.1 Å². The van der Waals surface area contributed by atoms with Crippen molar-refractivity contribution in [1.82, 2.24) is 9.47 Å². The van der Waals surface area contributed by atoms with E-state index in [0.29, 0.717) is 12.1 Å². The van der Waals surface area contributed by atoms with Crippen LogP contribution >= 0.6 is 0 Å². The predicted octanol–water partition coefficient (Wildman–Crippen LogP) is 4.66. The average molecular weight is 436 g/mol. The maximum absolute atomic E-state index is 13.2. The van der Waals surface area contributed by atoms with E-state index in [1.807, 2.05) is 56.5 Å². The highest BCUT2D eigenvalue weighted by molar-refractivity contribution is 5.99. The Morgan fingerprint density at radius 3 is 2.22 bits per heavy atom. The van der Waals surface area contributed by atoms with E-state index < -0.39 is 0 Å². The first-order valence-electron chi connectivity index (χ1n) is 10.6. The van der Waals surface area contributed by atoms with E-state index >= 15 is 0 Å². The number of aromatic nitrogens is 1. The lowest BCUT2D eigenvalue weighted by Crippen LogP contribution is -2.34. The average Bonchev–Trinajstić information content (AvgIpc) is 3.00. The Bertz CT molecular complexity index is 1110. The van der Waals surface area contributed by atoms with Gasteiger partial charge in [-0.05, 0) is 69.6 Å². The highest BCUT2D eigenvalue weighted by Crippen LogP contribution is 2.20. The van der Waals surface area contributed by atoms with Gasteiger partial charge in [-0.1, -0.05) is 30.3 Å². The second-order valence-electron chi connectivity index (χ2n) is 8.41. The smallest absolute Gasteiger partial charge is 0.238 e. The van der Waals surface area contributed by atoms with Crippen LogP contribution < -0.4 is 5.32 Å². The monoisotopic (exact) mass is 435 g/mol. The van der Waals surface area contributed by atoms with Gasteiger partial charge in [-0.3, -0.25) is 14.5 Å². The van der Waals surface area contributed by atoms with E-state index in [4.69, 9.17) is 0 Å². The molecule has 1 amide bonds. The maximum atomic E-state index is 13.2. The minimum Gasteiger partial charge on any atom is -0.344 e. The van der Waals surface area contributed by atoms with Gasteiger partial charge in [0.15, 0.2) is 5.78 Å². The molecule has 0 aliphatic rings. The molecule has 0 bridgehead atoms. The molecule has 0 aliphatic carbocycles. The number of likely N-dealkylation sites (N-methyl/N-ethyl adjacent to an activating group) is 1. The van der Waals surface area contributed by atoms with Crippen molar-refractivity contribution in [1.29, 1.82) is 0 Å². The summed E-state index contributed by atoms with van der Waals surface area (Å²) in [6.45, 7) is 8.61. The number of para-hydroxylation sites is 1. The zero-order chi connectivity index (χ0) is 23.4. The number of Topliss-reactive ketones (excluding diaryl/α,β-unsaturated/α-hetero) is 1. The standard InChI is InChI=1S/C26H30FN3O2/c1-17-7-6-8-18(2)26(17)28-25(32)16-29(5)15-24(31)23-13-19(3)30(20(23)4)14-21-9-11-22(27)12-10-21/h6-13H,14-16H2,1-5H3,(H,28,32). The fourth-order valence-corrected chi connectivity index (χ4v) is 3.92. The van der Waals surface area contributed by atoms with Crippen molar-refractivity contribution in [2.24, 2.45) is 0 Å².